The van der Waals surface area contributed by atoms with E-state index < -0.39 is 8.07 Å². The Kier molecular flexibility index (Phi) is 15.2. The summed E-state index contributed by atoms with van der Waals surface area (Å²) in [5.41, 5.74) is 0. The molecule has 0 aliphatic rings. The average Bonchev–Trinajstić information content (AvgIpc) is 1.19. The zero-order valence-corrected chi connectivity index (χ0v) is 13.1. The summed E-state index contributed by atoms with van der Waals surface area (Å²) in [5, 5.41) is 0. The van der Waals surface area contributed by atoms with Gasteiger partial charge in [0.2, 0.25) is 0 Å². The van der Waals surface area contributed by atoms with Gasteiger partial charge in [0.15, 0.2) is 0 Å². The number of hydrogen-bond donors (Lipinski definition) is 0. The third-order valence-electron chi connectivity index (χ3n) is 0. The van der Waals surface area contributed by atoms with Crippen LogP contribution >= 0.6 is 0 Å². The number of rotatable bonds is 0. The molecule has 0 nitrogen and oxygen atoms in total. The monoisotopic (exact) mass is 249 g/mol. The topological polar surface area (TPSA) is 0 Å². The van der Waals surface area contributed by atoms with Crippen molar-refractivity contribution in [3.8, 4) is 0 Å². The second-order valence-corrected chi connectivity index (χ2v) is 12.2. The molecule has 0 aromatic rings. The summed E-state index contributed by atoms with van der Waals surface area (Å²) in [6.07, 6.45) is 0. The third-order valence-corrected chi connectivity index (χ3v) is 0. The quantitative estimate of drug-likeness (QED) is 0.457. The van der Waals surface area contributed by atoms with Gasteiger partial charge in [0.05, 0.1) is 0 Å². The van der Waals surface area contributed by atoms with Crippen LogP contribution in [-0.2, 0) is 32.7 Å². The van der Waals surface area contributed by atoms with Crippen molar-refractivity contribution in [3.63, 3.8) is 0 Å². The molecule has 10 heavy (non-hydrogen) atoms. The van der Waals surface area contributed by atoms with Crippen molar-refractivity contribution in [1.29, 1.82) is 0 Å². The minimum atomic E-state index is -0.861. The van der Waals surface area contributed by atoms with Crippen LogP contribution < -0.4 is 0 Å². The summed E-state index contributed by atoms with van der Waals surface area (Å²) in [5.74, 6) is 0. The van der Waals surface area contributed by atoms with E-state index in [1.165, 1.54) is 0 Å². The van der Waals surface area contributed by atoms with Crippen LogP contribution in [-0.4, -0.2) is 16.9 Å². The van der Waals surface area contributed by atoms with E-state index in [1.807, 2.05) is 0 Å². The summed E-state index contributed by atoms with van der Waals surface area (Å²) in [7, 11) is -0.741. The van der Waals surface area contributed by atoms with Gasteiger partial charge in [-0.05, 0) is 0 Å². The molecule has 0 aromatic carbocycles. The van der Waals surface area contributed by atoms with E-state index >= 15 is 0 Å². The third kappa shape index (κ3) is 294. The van der Waals surface area contributed by atoms with Crippen molar-refractivity contribution in [2.75, 3.05) is 0 Å². The van der Waals surface area contributed by atoms with Gasteiger partial charge in [-0.3, -0.25) is 0 Å². The van der Waals surface area contributed by atoms with Gasteiger partial charge in [-0.2, -0.15) is 0 Å². The van der Waals surface area contributed by atoms with Gasteiger partial charge in [-0.15, -0.1) is 8.07 Å². The van der Waals surface area contributed by atoms with Gasteiger partial charge in [0.1, 0.15) is 0 Å². The van der Waals surface area contributed by atoms with Crippen molar-refractivity contribution in [2.45, 2.75) is 39.3 Å². The molecule has 60 valence electrons. The fourth-order valence-electron chi connectivity index (χ4n) is 0. The van der Waals surface area contributed by atoms with Crippen LogP contribution in [0.4, 0.5) is 0 Å². The van der Waals surface area contributed by atoms with Gasteiger partial charge < -0.3 is 6.55 Å². The molecule has 0 amide bonds. The zero-order chi connectivity index (χ0) is 8.08. The summed E-state index contributed by atoms with van der Waals surface area (Å²) in [6.45, 7) is 17.4. The number of hydrogen-bond acceptors (Lipinski definition) is 0. The van der Waals surface area contributed by atoms with Gasteiger partial charge in [-0.1, -0.05) is 39.3 Å². The first-order chi connectivity index (χ1) is 3.73. The van der Waals surface area contributed by atoms with Crippen LogP contribution in [0, 0.1) is 6.55 Å². The molecule has 0 spiro atoms. The Labute approximate surface area is 94.7 Å². The van der Waals surface area contributed by atoms with E-state index in [-0.39, 0.29) is 41.5 Å². The minimum absolute atomic E-state index is 0. The van der Waals surface area contributed by atoms with Crippen LogP contribution in [0.25, 0.3) is 0 Å². The van der Waals surface area contributed by atoms with E-state index in [2.05, 4.69) is 45.8 Å². The predicted molar refractivity (Wildman–Crippen MR) is 52.0 cm³/mol. The summed E-state index contributed by atoms with van der Waals surface area (Å²) in [6, 6.07) is 0. The molecule has 0 saturated carbocycles. The van der Waals surface area contributed by atoms with Crippen LogP contribution in [0.5, 0.6) is 0 Å². The smallest absolute Gasteiger partial charge is 0.0379 e. The maximum atomic E-state index is 3.91. The minimum Gasteiger partial charge on any atom is -0.342 e. The molecular weight excluding hydrogens is 229 g/mol. The molecule has 0 heterocycles. The van der Waals surface area contributed by atoms with E-state index in [0.717, 1.165) is 0 Å². The maximum Gasteiger partial charge on any atom is 0.0379 e. The SMILES string of the molecule is C[Si](C)C.[CH2-][Si](C)(C)C.[Y]. The molecule has 0 aliphatic carbocycles. The Balaban J connectivity index is -0.0000000910. The first-order valence-electron chi connectivity index (χ1n) is 3.35. The zero-order valence-electron chi connectivity index (χ0n) is 8.28. The van der Waals surface area contributed by atoms with Crippen molar-refractivity contribution in [1.82, 2.24) is 0 Å². The van der Waals surface area contributed by atoms with Crippen molar-refractivity contribution in [3.05, 3.63) is 6.55 Å². The Morgan fingerprint density at radius 2 is 1.00 bits per heavy atom. The molecule has 0 aliphatic heterocycles. The summed E-state index contributed by atoms with van der Waals surface area (Å²) < 4.78 is 0. The van der Waals surface area contributed by atoms with Crippen LogP contribution in [0.3, 0.4) is 0 Å². The molecule has 2 radical (unpaired) electrons. The molecule has 0 aromatic heterocycles. The van der Waals surface area contributed by atoms with E-state index in [4.69, 9.17) is 0 Å². The second kappa shape index (κ2) is 8.63. The molecule has 0 saturated heterocycles. The van der Waals surface area contributed by atoms with Crippen LogP contribution in [0.1, 0.15) is 0 Å². The molecule has 0 bridgehead atoms. The van der Waals surface area contributed by atoms with Crippen molar-refractivity contribution in [2.24, 2.45) is 0 Å². The van der Waals surface area contributed by atoms with Crippen molar-refractivity contribution < 1.29 is 32.7 Å². The average molecular weight is 249 g/mol. The molecule has 0 unspecified atom stereocenters. The molecule has 0 N–H and O–H groups in total. The van der Waals surface area contributed by atoms with Gasteiger partial charge in [0.25, 0.3) is 0 Å². The molecular formula is C7H20Si2Y-. The Hall–Kier alpha value is 1.54. The van der Waals surface area contributed by atoms with Gasteiger partial charge >= 0.3 is 0 Å². The van der Waals surface area contributed by atoms with E-state index in [9.17, 15) is 0 Å². The summed E-state index contributed by atoms with van der Waals surface area (Å²) >= 11 is 0. The van der Waals surface area contributed by atoms with Crippen LogP contribution in [0.15, 0.2) is 0 Å². The van der Waals surface area contributed by atoms with Gasteiger partial charge in [0, 0.05) is 41.5 Å². The molecule has 3 heteroatoms. The summed E-state index contributed by atoms with van der Waals surface area (Å²) in [4.78, 5) is 0. The van der Waals surface area contributed by atoms with Gasteiger partial charge in [-0.25, -0.2) is 0 Å². The maximum absolute atomic E-state index is 3.91. The molecule has 0 fully saturated rings. The second-order valence-electron chi connectivity index (χ2n) is 4.06. The van der Waals surface area contributed by atoms with Crippen molar-refractivity contribution >= 4 is 16.9 Å². The fourth-order valence-corrected chi connectivity index (χ4v) is 0. The first kappa shape index (κ1) is 17.6. The molecule has 0 rings (SSSR count). The normalized spacial score (nSPS) is 9.60. The Morgan fingerprint density at radius 1 is 1.00 bits per heavy atom. The first-order valence-corrected chi connectivity index (χ1v) is 10.1. The standard InChI is InChI=1S/C4H11Si.C3H9Si.Y/c1-5(2,3)4;1-4(2)3;/h1H2,2-4H3;1-3H3;/q-1;;. The predicted octanol–water partition coefficient (Wildman–Crippen LogP) is 3.07. The Bertz CT molecular complexity index is 48.4. The Morgan fingerprint density at radius 3 is 1.00 bits per heavy atom. The largest absolute Gasteiger partial charge is 0.342 e. The fraction of sp³-hybridized carbons (Fsp3) is 0.857. The molecule has 0 atom stereocenters. The van der Waals surface area contributed by atoms with E-state index in [1.54, 1.807) is 0 Å². The van der Waals surface area contributed by atoms with E-state index in [0.29, 0.717) is 0 Å². The van der Waals surface area contributed by atoms with Crippen LogP contribution in [0.2, 0.25) is 39.3 Å².